The molecule has 1 aromatic carbocycles. The Hall–Kier alpha value is -4.15. The SMILES string of the molecule is CC(C)Oc1ccc(-c2ccc(C(=O)NS(=O)(=O)c3ccccc3N=[N+]=[N-])c(N3[C@H](C)CC[C@@H]3C)n2)cn1. The zero-order chi connectivity index (χ0) is 27.4. The minimum atomic E-state index is -4.34. The van der Waals surface area contributed by atoms with Gasteiger partial charge in [-0.25, -0.2) is 23.1 Å². The summed E-state index contributed by atoms with van der Waals surface area (Å²) in [4.78, 5) is 27.0. The lowest BCUT2D eigenvalue weighted by Crippen LogP contribution is -2.37. The summed E-state index contributed by atoms with van der Waals surface area (Å²) in [5.41, 5.74) is 10.1. The van der Waals surface area contributed by atoms with Crippen molar-refractivity contribution >= 4 is 27.4 Å². The third kappa shape index (κ3) is 5.71. The van der Waals surface area contributed by atoms with E-state index in [2.05, 4.69) is 19.7 Å². The molecule has 11 nitrogen and oxygen atoms in total. The summed E-state index contributed by atoms with van der Waals surface area (Å²) in [6.07, 6.45) is 3.46. The number of pyridine rings is 2. The maximum atomic E-state index is 13.4. The number of hydrogen-bond donors (Lipinski definition) is 1. The molecule has 2 atom stereocenters. The average Bonchev–Trinajstić information content (AvgIpc) is 3.21. The van der Waals surface area contributed by atoms with E-state index in [1.807, 2.05) is 38.7 Å². The molecule has 2 aromatic heterocycles. The molecule has 4 rings (SSSR count). The van der Waals surface area contributed by atoms with E-state index in [1.54, 1.807) is 24.4 Å². The van der Waals surface area contributed by atoms with Gasteiger partial charge in [-0.15, -0.1) is 0 Å². The average molecular weight is 536 g/mol. The Balaban J connectivity index is 1.73. The molecule has 3 aromatic rings. The van der Waals surface area contributed by atoms with Gasteiger partial charge in [-0.05, 0) is 70.3 Å². The van der Waals surface area contributed by atoms with Gasteiger partial charge >= 0.3 is 0 Å². The zero-order valence-electron chi connectivity index (χ0n) is 21.6. The van der Waals surface area contributed by atoms with Crippen LogP contribution in [0.2, 0.25) is 0 Å². The van der Waals surface area contributed by atoms with Crippen molar-refractivity contribution in [2.45, 2.75) is 63.6 Å². The lowest BCUT2D eigenvalue weighted by atomic mass is 10.1. The van der Waals surface area contributed by atoms with Crippen molar-refractivity contribution in [2.24, 2.45) is 5.11 Å². The summed E-state index contributed by atoms with van der Waals surface area (Å²) >= 11 is 0. The quantitative estimate of drug-likeness (QED) is 0.231. The number of amides is 1. The van der Waals surface area contributed by atoms with Crippen molar-refractivity contribution in [1.82, 2.24) is 14.7 Å². The van der Waals surface area contributed by atoms with Gasteiger partial charge in [0.1, 0.15) is 5.82 Å². The molecule has 1 N–H and O–H groups in total. The largest absolute Gasteiger partial charge is 0.475 e. The predicted octanol–water partition coefficient (Wildman–Crippen LogP) is 5.37. The number of benzene rings is 1. The highest BCUT2D eigenvalue weighted by Crippen LogP contribution is 2.34. The second-order valence-electron chi connectivity index (χ2n) is 9.39. The highest BCUT2D eigenvalue weighted by molar-refractivity contribution is 7.90. The van der Waals surface area contributed by atoms with E-state index < -0.39 is 15.9 Å². The molecule has 0 spiro atoms. The molecule has 1 aliphatic heterocycles. The van der Waals surface area contributed by atoms with Crippen molar-refractivity contribution in [1.29, 1.82) is 0 Å². The van der Waals surface area contributed by atoms with E-state index in [0.29, 0.717) is 17.4 Å². The summed E-state index contributed by atoms with van der Waals surface area (Å²) < 4.78 is 33.9. The van der Waals surface area contributed by atoms with E-state index in [1.165, 1.54) is 24.3 Å². The fourth-order valence-electron chi connectivity index (χ4n) is 4.49. The number of anilines is 1. The molecule has 0 radical (unpaired) electrons. The molecule has 0 saturated carbocycles. The Morgan fingerprint density at radius 3 is 2.47 bits per heavy atom. The number of hydrogen-bond acceptors (Lipinski definition) is 8. The van der Waals surface area contributed by atoms with Gasteiger partial charge in [-0.2, -0.15) is 0 Å². The summed E-state index contributed by atoms with van der Waals surface area (Å²) in [6.45, 7) is 7.93. The number of nitrogens with one attached hydrogen (secondary N) is 1. The van der Waals surface area contributed by atoms with E-state index >= 15 is 0 Å². The molecule has 1 aliphatic rings. The number of aromatic nitrogens is 2. The third-order valence-electron chi connectivity index (χ3n) is 6.24. The van der Waals surface area contributed by atoms with E-state index in [0.717, 1.165) is 18.4 Å². The molecule has 198 valence electrons. The first-order valence-electron chi connectivity index (χ1n) is 12.2. The van der Waals surface area contributed by atoms with Crippen LogP contribution in [0.25, 0.3) is 21.7 Å². The number of rotatable bonds is 8. The Morgan fingerprint density at radius 2 is 1.84 bits per heavy atom. The summed E-state index contributed by atoms with van der Waals surface area (Å²) in [6, 6.07) is 12.7. The second kappa shape index (κ2) is 11.1. The maximum absolute atomic E-state index is 13.4. The number of ether oxygens (including phenoxy) is 1. The van der Waals surface area contributed by atoms with Crippen LogP contribution in [0.3, 0.4) is 0 Å². The topological polar surface area (TPSA) is 150 Å². The molecule has 0 bridgehead atoms. The fraction of sp³-hybridized carbons (Fsp3) is 0.346. The second-order valence-corrected chi connectivity index (χ2v) is 11.0. The van der Waals surface area contributed by atoms with Gasteiger partial charge in [0.05, 0.1) is 27.9 Å². The number of carbonyl (C=O) groups is 1. The Labute approximate surface area is 221 Å². The first kappa shape index (κ1) is 26.9. The molecule has 0 unspecified atom stereocenters. The van der Waals surface area contributed by atoms with Gasteiger partial charge < -0.3 is 9.64 Å². The van der Waals surface area contributed by atoms with E-state index in [9.17, 15) is 13.2 Å². The molecular formula is C26H29N7O4S. The van der Waals surface area contributed by atoms with E-state index in [-0.39, 0.29) is 34.3 Å². The number of carbonyl (C=O) groups excluding carboxylic acids is 1. The Bertz CT molecular complexity index is 1480. The van der Waals surface area contributed by atoms with Crippen LogP contribution >= 0.6 is 0 Å². The van der Waals surface area contributed by atoms with Gasteiger partial charge in [0.15, 0.2) is 0 Å². The van der Waals surface area contributed by atoms with Crippen molar-refractivity contribution in [3.8, 4) is 17.1 Å². The van der Waals surface area contributed by atoms with Crippen LogP contribution in [0.1, 0.15) is 50.9 Å². The third-order valence-corrected chi connectivity index (χ3v) is 7.62. The van der Waals surface area contributed by atoms with Crippen molar-refractivity contribution in [3.05, 3.63) is 70.7 Å². The van der Waals surface area contributed by atoms with Crippen LogP contribution in [0.15, 0.2) is 64.7 Å². The minimum Gasteiger partial charge on any atom is -0.475 e. The van der Waals surface area contributed by atoms with Crippen LogP contribution < -0.4 is 14.4 Å². The van der Waals surface area contributed by atoms with Crippen LogP contribution in [0.5, 0.6) is 5.88 Å². The highest BCUT2D eigenvalue weighted by Gasteiger charge is 2.33. The van der Waals surface area contributed by atoms with Crippen LogP contribution in [-0.2, 0) is 10.0 Å². The number of nitrogens with zero attached hydrogens (tertiary/aromatic N) is 6. The minimum absolute atomic E-state index is 0.0102. The van der Waals surface area contributed by atoms with E-state index in [4.69, 9.17) is 15.3 Å². The smallest absolute Gasteiger partial charge is 0.268 e. The van der Waals surface area contributed by atoms with Gasteiger partial charge in [0, 0.05) is 34.8 Å². The predicted molar refractivity (Wildman–Crippen MR) is 144 cm³/mol. The van der Waals surface area contributed by atoms with Gasteiger partial charge in [-0.3, -0.25) is 4.79 Å². The maximum Gasteiger partial charge on any atom is 0.268 e. The van der Waals surface area contributed by atoms with Gasteiger partial charge in [-0.1, -0.05) is 23.3 Å². The molecule has 1 amide bonds. The molecule has 12 heteroatoms. The molecule has 1 saturated heterocycles. The number of sulfonamides is 1. The summed E-state index contributed by atoms with van der Waals surface area (Å²) in [5, 5.41) is 3.44. The van der Waals surface area contributed by atoms with Crippen LogP contribution in [0.4, 0.5) is 11.5 Å². The van der Waals surface area contributed by atoms with Crippen molar-refractivity contribution < 1.29 is 17.9 Å². The highest BCUT2D eigenvalue weighted by atomic mass is 32.2. The normalized spacial score (nSPS) is 17.2. The van der Waals surface area contributed by atoms with Crippen molar-refractivity contribution in [2.75, 3.05) is 4.90 Å². The molecule has 3 heterocycles. The monoisotopic (exact) mass is 535 g/mol. The first-order chi connectivity index (χ1) is 18.1. The Kier molecular flexibility index (Phi) is 7.84. The lowest BCUT2D eigenvalue weighted by molar-refractivity contribution is 0.0981. The first-order valence-corrected chi connectivity index (χ1v) is 13.7. The summed E-state index contributed by atoms with van der Waals surface area (Å²) in [5.74, 6) is 0.0476. The molecule has 38 heavy (non-hydrogen) atoms. The van der Waals surface area contributed by atoms with Crippen LogP contribution in [0, 0.1) is 0 Å². The summed E-state index contributed by atoms with van der Waals surface area (Å²) in [7, 11) is -4.34. The molecular weight excluding hydrogens is 506 g/mol. The zero-order valence-corrected chi connectivity index (χ0v) is 22.4. The Morgan fingerprint density at radius 1 is 1.13 bits per heavy atom. The van der Waals surface area contributed by atoms with Crippen molar-refractivity contribution in [3.63, 3.8) is 0 Å². The number of azide groups is 1. The van der Waals surface area contributed by atoms with Crippen LogP contribution in [-0.4, -0.2) is 42.5 Å². The van der Waals surface area contributed by atoms with Gasteiger partial charge in [0.25, 0.3) is 15.9 Å². The fourth-order valence-corrected chi connectivity index (χ4v) is 5.59. The molecule has 1 fully saturated rings. The lowest BCUT2D eigenvalue weighted by Gasteiger charge is -2.29. The van der Waals surface area contributed by atoms with Gasteiger partial charge in [0.2, 0.25) is 5.88 Å². The molecule has 0 aliphatic carbocycles. The standard InChI is InChI=1S/C26H29N7O4S/c1-16(2)37-24-14-11-19(15-28-24)21-13-12-20(25(29-21)33-17(3)9-10-18(33)4)26(34)31-38(35,36)23-8-6-5-7-22(23)30-32-27/h5-8,11-18H,9-10H2,1-4H3,(H,31,34)/t17-,18+.